The van der Waals surface area contributed by atoms with Crippen molar-refractivity contribution in [2.75, 3.05) is 39.3 Å². The van der Waals surface area contributed by atoms with Gasteiger partial charge in [-0.25, -0.2) is 13.2 Å². The number of hydrogen-bond donors (Lipinski definition) is 1. The molecule has 7 rings (SSSR count). The van der Waals surface area contributed by atoms with E-state index in [4.69, 9.17) is 25.8 Å². The van der Waals surface area contributed by atoms with Gasteiger partial charge in [0.05, 0.1) is 17.5 Å². The van der Waals surface area contributed by atoms with Crippen molar-refractivity contribution in [2.45, 2.75) is 114 Å². The van der Waals surface area contributed by atoms with Crippen molar-refractivity contribution in [3.63, 3.8) is 0 Å². The summed E-state index contributed by atoms with van der Waals surface area (Å²) >= 11 is 6.12. The van der Waals surface area contributed by atoms with E-state index < -0.39 is 21.7 Å². The molecule has 3 aromatic rings. The van der Waals surface area contributed by atoms with Gasteiger partial charge < -0.3 is 19.5 Å². The van der Waals surface area contributed by atoms with Gasteiger partial charge in [-0.15, -0.1) is 0 Å². The maximum atomic E-state index is 14.5. The van der Waals surface area contributed by atoms with E-state index in [9.17, 15) is 13.2 Å². The zero-order valence-electron chi connectivity index (χ0n) is 32.7. The van der Waals surface area contributed by atoms with Gasteiger partial charge in [0, 0.05) is 49.8 Å². The fourth-order valence-corrected chi connectivity index (χ4v) is 10.2. The Bertz CT molecular complexity index is 1840. The molecule has 0 bridgehead atoms. The van der Waals surface area contributed by atoms with Crippen LogP contribution in [0.5, 0.6) is 5.75 Å². The van der Waals surface area contributed by atoms with E-state index in [0.29, 0.717) is 42.9 Å². The molecule has 1 aliphatic carbocycles. The molecule has 2 unspecified atom stereocenters. The fraction of sp³-hybridized carbons (Fsp3) is 0.558. The maximum Gasteiger partial charge on any atom is 0.407 e. The Kier molecular flexibility index (Phi) is 12.5. The van der Waals surface area contributed by atoms with E-state index in [-0.39, 0.29) is 35.4 Å². The third kappa shape index (κ3) is 10.0. The van der Waals surface area contributed by atoms with Gasteiger partial charge in [0.25, 0.3) is 0 Å². The van der Waals surface area contributed by atoms with Gasteiger partial charge in [-0.2, -0.15) is 4.31 Å². The van der Waals surface area contributed by atoms with E-state index in [0.717, 1.165) is 37.1 Å². The minimum atomic E-state index is -3.83. The van der Waals surface area contributed by atoms with Crippen LogP contribution >= 0.6 is 11.6 Å². The lowest BCUT2D eigenvalue weighted by atomic mass is 9.90. The number of ether oxygens (including phenoxy) is 3. The normalized spacial score (nSPS) is 24.3. The molecule has 3 aliphatic heterocycles. The third-order valence-electron chi connectivity index (χ3n) is 11.6. The molecule has 12 heteroatoms. The second kappa shape index (κ2) is 17.1. The number of amides is 1. The van der Waals surface area contributed by atoms with E-state index in [1.165, 1.54) is 37.7 Å². The van der Waals surface area contributed by atoms with Crippen LogP contribution in [0.2, 0.25) is 5.02 Å². The Hall–Kier alpha value is -3.19. The van der Waals surface area contributed by atoms with Gasteiger partial charge in [0.1, 0.15) is 23.7 Å². The summed E-state index contributed by atoms with van der Waals surface area (Å²) in [6, 6.07) is 23.1. The summed E-state index contributed by atoms with van der Waals surface area (Å²) in [7, 11) is -3.83. The number of sulfonamides is 1. The predicted octanol–water partition coefficient (Wildman–Crippen LogP) is 8.12. The van der Waals surface area contributed by atoms with Gasteiger partial charge in [-0.3, -0.25) is 9.80 Å². The first-order chi connectivity index (χ1) is 26.3. The van der Waals surface area contributed by atoms with Gasteiger partial charge >= 0.3 is 6.09 Å². The van der Waals surface area contributed by atoms with E-state index in [1.54, 1.807) is 28.6 Å². The van der Waals surface area contributed by atoms with Crippen LogP contribution < -0.4 is 10.1 Å². The molecule has 4 aliphatic rings. The van der Waals surface area contributed by atoms with Crippen LogP contribution in [0.1, 0.15) is 84.2 Å². The van der Waals surface area contributed by atoms with Crippen molar-refractivity contribution in [1.29, 1.82) is 0 Å². The molecule has 1 N–H and O–H groups in total. The molecule has 1 saturated carbocycles. The summed E-state index contributed by atoms with van der Waals surface area (Å²) in [5.41, 5.74) is 2.84. The van der Waals surface area contributed by atoms with Crippen molar-refractivity contribution in [3.05, 3.63) is 83.4 Å². The number of carbonyl (C=O) groups excluding carboxylic acids is 1. The number of nitrogens with zero attached hydrogens (tertiary/aromatic N) is 3. The quantitative estimate of drug-likeness (QED) is 0.194. The first kappa shape index (κ1) is 40.0. The molecule has 55 heavy (non-hydrogen) atoms. The molecule has 1 amide bonds. The molecule has 0 aromatic heterocycles. The smallest absolute Gasteiger partial charge is 0.407 e. The summed E-state index contributed by atoms with van der Waals surface area (Å²) in [6.07, 6.45) is 6.87. The second-order valence-corrected chi connectivity index (χ2v) is 19.0. The van der Waals surface area contributed by atoms with Crippen molar-refractivity contribution < 1.29 is 27.4 Å². The maximum absolute atomic E-state index is 14.5. The number of benzene rings is 3. The summed E-state index contributed by atoms with van der Waals surface area (Å²) in [5, 5.41) is 3.73. The summed E-state index contributed by atoms with van der Waals surface area (Å²) < 4.78 is 48.6. The average Bonchev–Trinajstić information content (AvgIpc) is 3.98. The van der Waals surface area contributed by atoms with Crippen LogP contribution in [-0.2, 0) is 19.5 Å². The Labute approximate surface area is 332 Å². The van der Waals surface area contributed by atoms with E-state index in [1.807, 2.05) is 45.0 Å². The Balaban J connectivity index is 1.04. The summed E-state index contributed by atoms with van der Waals surface area (Å²) in [6.45, 7) is 11.4. The van der Waals surface area contributed by atoms with Gasteiger partial charge in [-0.1, -0.05) is 67.3 Å². The molecule has 3 aromatic carbocycles. The topological polar surface area (TPSA) is 104 Å². The number of carbonyl (C=O) groups is 1. The van der Waals surface area contributed by atoms with Gasteiger partial charge in [0.2, 0.25) is 10.0 Å². The third-order valence-corrected chi connectivity index (χ3v) is 13.8. The lowest BCUT2D eigenvalue weighted by molar-refractivity contribution is 0.0467. The standard InChI is InChI=1S/C43H57ClN4O6S/c1-30(32-10-12-33(13-11-32)34-14-16-35(44)17-15-34)47-26-27-48(55(50,51)38-20-18-37(19-21-38)52-29-31-8-6-5-7-9-31)39(28-47)40-41(53-40)46-24-22-36(23-25-46)45-42(49)54-43(2,3)4/h10-21,30-31,36,39-41H,5-9,22-29H2,1-4H3,(H,45,49)/t30-,39+,40?,41?/m1/s1. The molecule has 4 fully saturated rings. The lowest BCUT2D eigenvalue weighted by Crippen LogP contribution is -2.58. The number of alkyl carbamates (subject to hydrolysis) is 1. The minimum absolute atomic E-state index is 0.0203. The number of halogens is 1. The highest BCUT2D eigenvalue weighted by molar-refractivity contribution is 7.89. The molecule has 0 radical (unpaired) electrons. The van der Waals surface area contributed by atoms with Crippen molar-refractivity contribution in [3.8, 4) is 16.9 Å². The van der Waals surface area contributed by atoms with Crippen LogP contribution in [0.25, 0.3) is 11.1 Å². The number of piperazine rings is 1. The highest BCUT2D eigenvalue weighted by Crippen LogP contribution is 2.39. The molecular weight excluding hydrogens is 736 g/mol. The first-order valence-electron chi connectivity index (χ1n) is 20.1. The molecule has 10 nitrogen and oxygen atoms in total. The fourth-order valence-electron chi connectivity index (χ4n) is 8.41. The van der Waals surface area contributed by atoms with E-state index >= 15 is 0 Å². The van der Waals surface area contributed by atoms with Gasteiger partial charge in [0.15, 0.2) is 0 Å². The van der Waals surface area contributed by atoms with Crippen molar-refractivity contribution in [2.24, 2.45) is 5.92 Å². The zero-order chi connectivity index (χ0) is 38.7. The van der Waals surface area contributed by atoms with Crippen LogP contribution in [0.3, 0.4) is 0 Å². The molecule has 298 valence electrons. The summed E-state index contributed by atoms with van der Waals surface area (Å²) in [4.78, 5) is 17.4. The largest absolute Gasteiger partial charge is 0.493 e. The number of hydrogen-bond acceptors (Lipinski definition) is 8. The van der Waals surface area contributed by atoms with Crippen molar-refractivity contribution >= 4 is 27.7 Å². The predicted molar refractivity (Wildman–Crippen MR) is 216 cm³/mol. The lowest BCUT2D eigenvalue weighted by Gasteiger charge is -2.43. The average molecular weight is 793 g/mol. The molecule has 3 saturated heterocycles. The highest BCUT2D eigenvalue weighted by Gasteiger charge is 2.55. The van der Waals surface area contributed by atoms with Crippen LogP contribution in [-0.4, -0.2) is 98.0 Å². The SMILES string of the molecule is C[C@H](c1ccc(-c2ccc(Cl)cc2)cc1)N1CCN(S(=O)(=O)c2ccc(OCC3CCCCC3)cc2)[C@H](C2OC2N2CCC(NC(=O)OC(C)(C)C)CC2)C1. The Morgan fingerprint density at radius 1 is 0.873 bits per heavy atom. The number of piperidine rings is 1. The highest BCUT2D eigenvalue weighted by atomic mass is 35.5. The Morgan fingerprint density at radius 3 is 2.15 bits per heavy atom. The summed E-state index contributed by atoms with van der Waals surface area (Å²) in [5.74, 6) is 1.27. The van der Waals surface area contributed by atoms with E-state index in [2.05, 4.69) is 46.3 Å². The van der Waals surface area contributed by atoms with Gasteiger partial charge in [-0.05, 0) is 112 Å². The number of nitrogens with one attached hydrogen (secondary N) is 1. The van der Waals surface area contributed by atoms with Crippen LogP contribution in [0.4, 0.5) is 4.79 Å². The molecule has 0 spiro atoms. The monoisotopic (exact) mass is 792 g/mol. The molecular formula is C43H57ClN4O6S. The Morgan fingerprint density at radius 2 is 1.51 bits per heavy atom. The minimum Gasteiger partial charge on any atom is -0.493 e. The number of epoxide rings is 1. The van der Waals surface area contributed by atoms with Crippen molar-refractivity contribution in [1.82, 2.24) is 19.4 Å². The number of likely N-dealkylation sites (tertiary alicyclic amines) is 1. The molecule has 4 atom stereocenters. The van der Waals surface area contributed by atoms with Crippen LogP contribution in [0.15, 0.2) is 77.7 Å². The second-order valence-electron chi connectivity index (χ2n) is 16.7. The van der Waals surface area contributed by atoms with Crippen LogP contribution in [0, 0.1) is 5.92 Å². The first-order valence-corrected chi connectivity index (χ1v) is 21.9. The number of rotatable bonds is 11. The zero-order valence-corrected chi connectivity index (χ0v) is 34.2. The molecule has 3 heterocycles.